The molecule has 0 aliphatic heterocycles. The molecule has 1 aliphatic rings. The molecular formula is C12H14F3NO. The zero-order valence-electron chi connectivity index (χ0n) is 9.11. The summed E-state index contributed by atoms with van der Waals surface area (Å²) in [4.78, 5) is 0. The van der Waals surface area contributed by atoms with Crippen LogP contribution in [0.4, 0.5) is 13.2 Å². The molecule has 2 rings (SSSR count). The molecule has 2 nitrogen and oxygen atoms in total. The third-order valence-electron chi connectivity index (χ3n) is 2.97. The van der Waals surface area contributed by atoms with Gasteiger partial charge in [-0.2, -0.15) is 13.2 Å². The Morgan fingerprint density at radius 3 is 2.53 bits per heavy atom. The van der Waals surface area contributed by atoms with E-state index in [1.165, 1.54) is 0 Å². The van der Waals surface area contributed by atoms with E-state index in [-0.39, 0.29) is 12.0 Å². The van der Waals surface area contributed by atoms with Crippen LogP contribution in [0.5, 0.6) is 0 Å². The Morgan fingerprint density at radius 1 is 1.29 bits per heavy atom. The summed E-state index contributed by atoms with van der Waals surface area (Å²) in [7, 11) is 0. The van der Waals surface area contributed by atoms with Crippen LogP contribution < -0.4 is 5.32 Å². The Balaban J connectivity index is 1.78. The number of hydrogen-bond acceptors (Lipinski definition) is 2. The van der Waals surface area contributed by atoms with Crippen molar-refractivity contribution in [2.24, 2.45) is 0 Å². The molecule has 2 N–H and O–H groups in total. The predicted octanol–water partition coefficient (Wildman–Crippen LogP) is 2.06. The van der Waals surface area contributed by atoms with Gasteiger partial charge in [-0.05, 0) is 12.0 Å². The number of nitrogens with one attached hydrogen (secondary N) is 1. The van der Waals surface area contributed by atoms with E-state index in [9.17, 15) is 13.2 Å². The molecule has 94 valence electrons. The summed E-state index contributed by atoms with van der Waals surface area (Å²) in [6.45, 7) is -0.433. The summed E-state index contributed by atoms with van der Waals surface area (Å²) in [6.07, 6.45) is -5.99. The first-order valence-corrected chi connectivity index (χ1v) is 5.51. The second kappa shape index (κ2) is 4.66. The standard InChI is InChI=1S/C12H14F3NO/c13-12(14,15)11(17)7-16-10-6-9(10)8-4-2-1-3-5-8/h1-5,9-11,16-17H,6-7H2. The number of hydrogen-bond donors (Lipinski definition) is 2. The zero-order chi connectivity index (χ0) is 12.5. The molecule has 0 saturated heterocycles. The lowest BCUT2D eigenvalue weighted by atomic mass is 10.1. The van der Waals surface area contributed by atoms with Gasteiger partial charge in [0.15, 0.2) is 6.10 Å². The average molecular weight is 245 g/mol. The van der Waals surface area contributed by atoms with Crippen molar-refractivity contribution in [3.63, 3.8) is 0 Å². The Bertz CT molecular complexity index is 366. The predicted molar refractivity (Wildman–Crippen MR) is 57.7 cm³/mol. The molecule has 3 unspecified atom stereocenters. The number of aliphatic hydroxyl groups is 1. The lowest BCUT2D eigenvalue weighted by molar-refractivity contribution is -0.201. The van der Waals surface area contributed by atoms with Crippen LogP contribution in [0, 0.1) is 0 Å². The number of aliphatic hydroxyl groups excluding tert-OH is 1. The second-order valence-electron chi connectivity index (χ2n) is 4.33. The molecule has 17 heavy (non-hydrogen) atoms. The first kappa shape index (κ1) is 12.4. The normalized spacial score (nSPS) is 25.6. The topological polar surface area (TPSA) is 32.3 Å². The first-order valence-electron chi connectivity index (χ1n) is 5.51. The van der Waals surface area contributed by atoms with Crippen molar-refractivity contribution in [1.82, 2.24) is 5.32 Å². The summed E-state index contributed by atoms with van der Waals surface area (Å²) >= 11 is 0. The van der Waals surface area contributed by atoms with Gasteiger partial charge in [-0.3, -0.25) is 0 Å². The number of halogens is 3. The van der Waals surface area contributed by atoms with Crippen LogP contribution in [0.15, 0.2) is 30.3 Å². The Hall–Kier alpha value is -1.07. The highest BCUT2D eigenvalue weighted by Gasteiger charge is 2.42. The van der Waals surface area contributed by atoms with Crippen LogP contribution in [0.25, 0.3) is 0 Å². The van der Waals surface area contributed by atoms with Gasteiger partial charge in [0, 0.05) is 18.5 Å². The molecule has 1 saturated carbocycles. The van der Waals surface area contributed by atoms with Crippen molar-refractivity contribution in [3.05, 3.63) is 35.9 Å². The van der Waals surface area contributed by atoms with E-state index < -0.39 is 18.8 Å². The molecule has 0 amide bonds. The molecule has 3 atom stereocenters. The lowest BCUT2D eigenvalue weighted by Gasteiger charge is -2.14. The molecule has 0 radical (unpaired) electrons. The molecule has 0 heterocycles. The number of benzene rings is 1. The average Bonchev–Trinajstić information content (AvgIpc) is 3.05. The van der Waals surface area contributed by atoms with Crippen LogP contribution in [-0.4, -0.2) is 30.0 Å². The van der Waals surface area contributed by atoms with Crippen LogP contribution in [0.2, 0.25) is 0 Å². The van der Waals surface area contributed by atoms with Gasteiger partial charge in [-0.1, -0.05) is 30.3 Å². The van der Waals surface area contributed by atoms with E-state index >= 15 is 0 Å². The minimum atomic E-state index is -4.54. The fourth-order valence-corrected chi connectivity index (χ4v) is 1.87. The fraction of sp³-hybridized carbons (Fsp3) is 0.500. The van der Waals surface area contributed by atoms with E-state index in [1.807, 2.05) is 30.3 Å². The third kappa shape index (κ3) is 3.20. The molecular weight excluding hydrogens is 231 g/mol. The Labute approximate surface area is 97.5 Å². The van der Waals surface area contributed by atoms with Crippen LogP contribution in [-0.2, 0) is 0 Å². The maximum Gasteiger partial charge on any atom is 0.415 e. The fourth-order valence-electron chi connectivity index (χ4n) is 1.87. The van der Waals surface area contributed by atoms with Crippen molar-refractivity contribution >= 4 is 0 Å². The van der Waals surface area contributed by atoms with Gasteiger partial charge in [0.05, 0.1) is 0 Å². The van der Waals surface area contributed by atoms with Crippen LogP contribution >= 0.6 is 0 Å². The number of alkyl halides is 3. The Kier molecular flexibility index (Phi) is 3.40. The maximum atomic E-state index is 12.1. The Morgan fingerprint density at radius 2 is 1.94 bits per heavy atom. The monoisotopic (exact) mass is 245 g/mol. The smallest absolute Gasteiger partial charge is 0.382 e. The molecule has 0 bridgehead atoms. The van der Waals surface area contributed by atoms with Crippen LogP contribution in [0.1, 0.15) is 17.9 Å². The van der Waals surface area contributed by atoms with Gasteiger partial charge < -0.3 is 10.4 Å². The number of rotatable bonds is 4. The van der Waals surface area contributed by atoms with Crippen molar-refractivity contribution < 1.29 is 18.3 Å². The van der Waals surface area contributed by atoms with Gasteiger partial charge in [0.2, 0.25) is 0 Å². The van der Waals surface area contributed by atoms with Gasteiger partial charge >= 0.3 is 6.18 Å². The molecule has 1 aromatic rings. The summed E-state index contributed by atoms with van der Waals surface area (Å²) in [6, 6.07) is 9.71. The summed E-state index contributed by atoms with van der Waals surface area (Å²) in [5.74, 6) is 0.275. The molecule has 0 spiro atoms. The minimum Gasteiger partial charge on any atom is -0.382 e. The highest BCUT2D eigenvalue weighted by molar-refractivity contribution is 5.27. The van der Waals surface area contributed by atoms with Crippen molar-refractivity contribution in [2.75, 3.05) is 6.54 Å². The van der Waals surface area contributed by atoms with Gasteiger partial charge in [-0.25, -0.2) is 0 Å². The summed E-state index contributed by atoms with van der Waals surface area (Å²) < 4.78 is 36.2. The zero-order valence-corrected chi connectivity index (χ0v) is 9.11. The van der Waals surface area contributed by atoms with Crippen LogP contribution in [0.3, 0.4) is 0 Å². The quantitative estimate of drug-likeness (QED) is 0.851. The summed E-state index contributed by atoms with van der Waals surface area (Å²) in [5, 5.41) is 11.6. The highest BCUT2D eigenvalue weighted by Crippen LogP contribution is 2.40. The van der Waals surface area contributed by atoms with Crippen molar-refractivity contribution in [3.8, 4) is 0 Å². The second-order valence-corrected chi connectivity index (χ2v) is 4.33. The molecule has 1 aliphatic carbocycles. The van der Waals surface area contributed by atoms with E-state index in [1.54, 1.807) is 0 Å². The SMILES string of the molecule is OC(CNC1CC1c1ccccc1)C(F)(F)F. The molecule has 5 heteroatoms. The summed E-state index contributed by atoms with van der Waals surface area (Å²) in [5.41, 5.74) is 1.13. The van der Waals surface area contributed by atoms with Gasteiger partial charge in [0.1, 0.15) is 0 Å². The molecule has 1 fully saturated rings. The largest absolute Gasteiger partial charge is 0.415 e. The van der Waals surface area contributed by atoms with Gasteiger partial charge in [-0.15, -0.1) is 0 Å². The maximum absolute atomic E-state index is 12.1. The van der Waals surface area contributed by atoms with E-state index in [4.69, 9.17) is 5.11 Å². The molecule has 1 aromatic carbocycles. The lowest BCUT2D eigenvalue weighted by Crippen LogP contribution is -2.39. The highest BCUT2D eigenvalue weighted by atomic mass is 19.4. The minimum absolute atomic E-state index is 0.0504. The third-order valence-corrected chi connectivity index (χ3v) is 2.97. The van der Waals surface area contributed by atoms with Gasteiger partial charge in [0.25, 0.3) is 0 Å². The van der Waals surface area contributed by atoms with E-state index in [2.05, 4.69) is 5.32 Å². The van der Waals surface area contributed by atoms with Crippen molar-refractivity contribution in [2.45, 2.75) is 30.7 Å². The van der Waals surface area contributed by atoms with E-state index in [0.29, 0.717) is 0 Å². The first-order chi connectivity index (χ1) is 7.98. The van der Waals surface area contributed by atoms with Crippen molar-refractivity contribution in [1.29, 1.82) is 0 Å². The van der Waals surface area contributed by atoms with E-state index in [0.717, 1.165) is 12.0 Å². The molecule has 0 aromatic heterocycles.